The number of methoxy groups -OCH3 is 1. The van der Waals surface area contributed by atoms with Crippen molar-refractivity contribution in [3.8, 4) is 5.75 Å². The summed E-state index contributed by atoms with van der Waals surface area (Å²) in [6, 6.07) is 9.64. The second kappa shape index (κ2) is 8.13. The van der Waals surface area contributed by atoms with Gasteiger partial charge >= 0.3 is 0 Å². The number of piperidine rings is 1. The Hall–Kier alpha value is -3.22. The smallest absolute Gasteiger partial charge is 0.282 e. The Bertz CT molecular complexity index is 1070. The SMILES string of the molecule is COc1ccccc1C1=C(N2CC(C)CC(C)C2)C(=O)N(c2cc(F)ccc2F)C1=O. The number of carbonyl (C=O) groups is 2. The quantitative estimate of drug-likeness (QED) is 0.687. The maximum absolute atomic E-state index is 14.6. The lowest BCUT2D eigenvalue weighted by Crippen LogP contribution is -2.42. The van der Waals surface area contributed by atoms with Gasteiger partial charge in [-0.15, -0.1) is 0 Å². The standard InChI is InChI=1S/C24H24F2N2O3/c1-14-10-15(2)13-27(12-14)22-21(17-6-4-5-7-20(17)31-3)23(29)28(24(22)30)19-11-16(25)8-9-18(19)26/h4-9,11,14-15H,10,12-13H2,1-3H3. The van der Waals surface area contributed by atoms with E-state index < -0.39 is 29.1 Å². The van der Waals surface area contributed by atoms with Gasteiger partial charge in [-0.25, -0.2) is 13.7 Å². The van der Waals surface area contributed by atoms with E-state index in [-0.39, 0.29) is 11.3 Å². The summed E-state index contributed by atoms with van der Waals surface area (Å²) >= 11 is 0. The van der Waals surface area contributed by atoms with Crippen LogP contribution in [0, 0.1) is 23.5 Å². The van der Waals surface area contributed by atoms with E-state index in [1.54, 1.807) is 24.3 Å². The third-order valence-corrected chi connectivity index (χ3v) is 5.77. The van der Waals surface area contributed by atoms with Crippen molar-refractivity contribution >= 4 is 23.1 Å². The van der Waals surface area contributed by atoms with Gasteiger partial charge in [0.15, 0.2) is 0 Å². The number of amides is 2. The summed E-state index contributed by atoms with van der Waals surface area (Å²) < 4.78 is 33.9. The van der Waals surface area contributed by atoms with E-state index in [0.717, 1.165) is 29.5 Å². The summed E-state index contributed by atoms with van der Waals surface area (Å²) in [5.74, 6) is -1.86. The molecule has 31 heavy (non-hydrogen) atoms. The molecule has 2 heterocycles. The van der Waals surface area contributed by atoms with Crippen LogP contribution in [0.15, 0.2) is 48.2 Å². The average Bonchev–Trinajstić information content (AvgIpc) is 2.99. The number of halogens is 2. The Kier molecular flexibility index (Phi) is 5.52. The molecule has 0 saturated carbocycles. The number of ether oxygens (including phenoxy) is 1. The second-order valence-corrected chi connectivity index (χ2v) is 8.32. The predicted molar refractivity (Wildman–Crippen MR) is 113 cm³/mol. The van der Waals surface area contributed by atoms with Crippen molar-refractivity contribution < 1.29 is 23.1 Å². The zero-order chi connectivity index (χ0) is 22.3. The van der Waals surface area contributed by atoms with Crippen LogP contribution < -0.4 is 9.64 Å². The summed E-state index contributed by atoms with van der Waals surface area (Å²) in [7, 11) is 1.48. The fraction of sp³-hybridized carbons (Fsp3) is 0.333. The second-order valence-electron chi connectivity index (χ2n) is 8.32. The Morgan fingerprint density at radius 1 is 0.968 bits per heavy atom. The van der Waals surface area contributed by atoms with Gasteiger partial charge in [0, 0.05) is 24.7 Å². The van der Waals surface area contributed by atoms with E-state index in [9.17, 15) is 18.4 Å². The van der Waals surface area contributed by atoms with Crippen LogP contribution in [0.2, 0.25) is 0 Å². The van der Waals surface area contributed by atoms with Gasteiger partial charge in [-0.1, -0.05) is 32.0 Å². The van der Waals surface area contributed by atoms with Crippen LogP contribution >= 0.6 is 0 Å². The molecule has 7 heteroatoms. The van der Waals surface area contributed by atoms with Gasteiger partial charge in [0.1, 0.15) is 23.1 Å². The third-order valence-electron chi connectivity index (χ3n) is 5.77. The summed E-state index contributed by atoms with van der Waals surface area (Å²) in [6.45, 7) is 5.38. The van der Waals surface area contributed by atoms with Crippen molar-refractivity contribution in [1.82, 2.24) is 4.90 Å². The predicted octanol–water partition coefficient (Wildman–Crippen LogP) is 4.24. The van der Waals surface area contributed by atoms with E-state index in [4.69, 9.17) is 4.74 Å². The number of anilines is 1. The normalized spacial score (nSPS) is 21.8. The monoisotopic (exact) mass is 426 g/mol. The highest BCUT2D eigenvalue weighted by atomic mass is 19.1. The number of rotatable bonds is 4. The van der Waals surface area contributed by atoms with Gasteiger partial charge in [-0.2, -0.15) is 0 Å². The Morgan fingerprint density at radius 3 is 2.32 bits per heavy atom. The largest absolute Gasteiger partial charge is 0.496 e. The number of imide groups is 1. The Balaban J connectivity index is 1.90. The number of benzene rings is 2. The number of para-hydroxylation sites is 1. The van der Waals surface area contributed by atoms with Gasteiger partial charge in [-0.3, -0.25) is 9.59 Å². The van der Waals surface area contributed by atoms with E-state index in [0.29, 0.717) is 36.2 Å². The van der Waals surface area contributed by atoms with Crippen molar-refractivity contribution in [2.24, 2.45) is 11.8 Å². The average molecular weight is 426 g/mol. The van der Waals surface area contributed by atoms with E-state index in [1.165, 1.54) is 7.11 Å². The lowest BCUT2D eigenvalue weighted by Gasteiger charge is -2.37. The van der Waals surface area contributed by atoms with Crippen molar-refractivity contribution in [2.45, 2.75) is 20.3 Å². The minimum absolute atomic E-state index is 0.146. The van der Waals surface area contributed by atoms with Crippen LogP contribution in [0.5, 0.6) is 5.75 Å². The zero-order valence-corrected chi connectivity index (χ0v) is 17.7. The van der Waals surface area contributed by atoms with Gasteiger partial charge < -0.3 is 9.64 Å². The highest BCUT2D eigenvalue weighted by Crippen LogP contribution is 2.40. The van der Waals surface area contributed by atoms with Crippen LogP contribution in [0.25, 0.3) is 5.57 Å². The van der Waals surface area contributed by atoms with Gasteiger partial charge in [0.05, 0.1) is 18.4 Å². The molecule has 0 N–H and O–H groups in total. The summed E-state index contributed by atoms with van der Waals surface area (Å²) in [4.78, 5) is 29.7. The minimum atomic E-state index is -0.843. The minimum Gasteiger partial charge on any atom is -0.496 e. The first kappa shape index (κ1) is 21.0. The highest BCUT2D eigenvalue weighted by molar-refractivity contribution is 6.45. The van der Waals surface area contributed by atoms with Crippen LogP contribution in [0.3, 0.4) is 0 Å². The van der Waals surface area contributed by atoms with Crippen LogP contribution in [0.4, 0.5) is 14.5 Å². The molecule has 1 saturated heterocycles. The maximum Gasteiger partial charge on any atom is 0.282 e. The Labute approximate surface area is 179 Å². The summed E-state index contributed by atoms with van der Waals surface area (Å²) in [6.07, 6.45) is 1.01. The molecule has 2 aliphatic heterocycles. The first-order valence-corrected chi connectivity index (χ1v) is 10.3. The van der Waals surface area contributed by atoms with Crippen LogP contribution in [-0.4, -0.2) is 36.9 Å². The summed E-state index contributed by atoms with van der Waals surface area (Å²) in [5, 5.41) is 0. The van der Waals surface area contributed by atoms with Gasteiger partial charge in [-0.05, 0) is 36.5 Å². The fourth-order valence-corrected chi connectivity index (χ4v) is 4.63. The summed E-state index contributed by atoms with van der Waals surface area (Å²) in [5.41, 5.74) is 0.406. The molecule has 4 rings (SSSR count). The van der Waals surface area contributed by atoms with Crippen LogP contribution in [0.1, 0.15) is 25.8 Å². The van der Waals surface area contributed by atoms with Crippen LogP contribution in [-0.2, 0) is 9.59 Å². The molecule has 2 atom stereocenters. The molecule has 5 nitrogen and oxygen atoms in total. The van der Waals surface area contributed by atoms with Crippen molar-refractivity contribution in [3.05, 3.63) is 65.4 Å². The first-order valence-electron chi connectivity index (χ1n) is 10.3. The molecule has 0 spiro atoms. The molecule has 2 amide bonds. The van der Waals surface area contributed by atoms with Crippen molar-refractivity contribution in [3.63, 3.8) is 0 Å². The Morgan fingerprint density at radius 2 is 1.65 bits per heavy atom. The van der Waals surface area contributed by atoms with E-state index >= 15 is 0 Å². The molecule has 1 fully saturated rings. The molecule has 0 bridgehead atoms. The lowest BCUT2D eigenvalue weighted by molar-refractivity contribution is -0.121. The number of carbonyl (C=O) groups excluding carboxylic acids is 2. The molecule has 0 aromatic heterocycles. The number of hydrogen-bond donors (Lipinski definition) is 0. The van der Waals surface area contributed by atoms with E-state index in [1.807, 2.05) is 4.90 Å². The highest BCUT2D eigenvalue weighted by Gasteiger charge is 2.45. The molecular weight excluding hydrogens is 402 g/mol. The molecular formula is C24H24F2N2O3. The number of hydrogen-bond acceptors (Lipinski definition) is 4. The van der Waals surface area contributed by atoms with Crippen molar-refractivity contribution in [2.75, 3.05) is 25.1 Å². The lowest BCUT2D eigenvalue weighted by atomic mass is 9.91. The third kappa shape index (κ3) is 3.69. The topological polar surface area (TPSA) is 49.9 Å². The zero-order valence-electron chi connectivity index (χ0n) is 17.7. The van der Waals surface area contributed by atoms with Gasteiger partial charge in [0.25, 0.3) is 11.8 Å². The molecule has 2 unspecified atom stereocenters. The molecule has 2 aliphatic rings. The molecule has 2 aromatic carbocycles. The molecule has 162 valence electrons. The number of likely N-dealkylation sites (tertiary alicyclic amines) is 1. The maximum atomic E-state index is 14.6. The first-order chi connectivity index (χ1) is 14.8. The molecule has 0 aliphatic carbocycles. The molecule has 2 aromatic rings. The van der Waals surface area contributed by atoms with E-state index in [2.05, 4.69) is 13.8 Å². The van der Waals surface area contributed by atoms with Gasteiger partial charge in [0.2, 0.25) is 0 Å². The molecule has 0 radical (unpaired) electrons. The fourth-order valence-electron chi connectivity index (χ4n) is 4.63. The number of nitrogens with zero attached hydrogens (tertiary/aromatic N) is 2. The van der Waals surface area contributed by atoms with Crippen molar-refractivity contribution in [1.29, 1.82) is 0 Å².